The first-order valence-corrected chi connectivity index (χ1v) is 4.80. The lowest BCUT2D eigenvalue weighted by Crippen LogP contribution is -2.28. The van der Waals surface area contributed by atoms with E-state index in [9.17, 15) is 4.79 Å². The molecule has 1 aromatic heterocycles. The molecular formula is C9H14N4O. The van der Waals surface area contributed by atoms with E-state index < -0.39 is 0 Å². The molecule has 0 aromatic carbocycles. The van der Waals surface area contributed by atoms with Gasteiger partial charge in [-0.05, 0) is 18.8 Å². The average Bonchev–Trinajstić information content (AvgIpc) is 2.87. The van der Waals surface area contributed by atoms with E-state index in [1.165, 1.54) is 12.8 Å². The summed E-state index contributed by atoms with van der Waals surface area (Å²) in [5.74, 6) is 1.13. The molecule has 0 saturated heterocycles. The molecule has 1 atom stereocenters. The highest BCUT2D eigenvalue weighted by atomic mass is 16.1. The number of amides is 1. The van der Waals surface area contributed by atoms with Gasteiger partial charge in [-0.2, -0.15) is 5.10 Å². The van der Waals surface area contributed by atoms with E-state index in [0.29, 0.717) is 18.2 Å². The Morgan fingerprint density at radius 3 is 3.14 bits per heavy atom. The lowest BCUT2D eigenvalue weighted by Gasteiger charge is -2.08. The Morgan fingerprint density at radius 1 is 1.79 bits per heavy atom. The summed E-state index contributed by atoms with van der Waals surface area (Å²) < 4.78 is 0. The van der Waals surface area contributed by atoms with Gasteiger partial charge in [-0.15, -0.1) is 0 Å². The Hall–Kier alpha value is -1.36. The Balaban J connectivity index is 1.78. The maximum absolute atomic E-state index is 11.4. The second-order valence-electron chi connectivity index (χ2n) is 3.72. The van der Waals surface area contributed by atoms with Crippen LogP contribution in [0.1, 0.15) is 19.3 Å². The maximum Gasteiger partial charge on any atom is 0.227 e. The van der Waals surface area contributed by atoms with Crippen molar-refractivity contribution in [3.05, 3.63) is 12.3 Å². The van der Waals surface area contributed by atoms with Crippen molar-refractivity contribution in [2.75, 3.05) is 5.32 Å². The first-order valence-electron chi connectivity index (χ1n) is 4.80. The van der Waals surface area contributed by atoms with Crippen LogP contribution in [0.3, 0.4) is 0 Å². The summed E-state index contributed by atoms with van der Waals surface area (Å²) in [7, 11) is 0. The molecule has 2 rings (SSSR count). The molecule has 76 valence electrons. The van der Waals surface area contributed by atoms with Gasteiger partial charge in [0, 0.05) is 18.5 Å². The molecular weight excluding hydrogens is 180 g/mol. The number of carbonyl (C=O) groups is 1. The van der Waals surface area contributed by atoms with Crippen molar-refractivity contribution in [3.63, 3.8) is 0 Å². The molecule has 1 fully saturated rings. The Kier molecular flexibility index (Phi) is 2.49. The topological polar surface area (TPSA) is 83.8 Å². The van der Waals surface area contributed by atoms with Gasteiger partial charge in [0.1, 0.15) is 5.82 Å². The third-order valence-electron chi connectivity index (χ3n) is 2.42. The van der Waals surface area contributed by atoms with Gasteiger partial charge in [-0.1, -0.05) is 0 Å². The fourth-order valence-electron chi connectivity index (χ4n) is 1.43. The first-order chi connectivity index (χ1) is 6.75. The number of hydrogen-bond acceptors (Lipinski definition) is 3. The molecule has 0 aliphatic heterocycles. The second-order valence-corrected chi connectivity index (χ2v) is 3.72. The molecule has 1 heterocycles. The quantitative estimate of drug-likeness (QED) is 0.651. The summed E-state index contributed by atoms with van der Waals surface area (Å²) in [6, 6.07) is 1.72. The van der Waals surface area contributed by atoms with Crippen LogP contribution in [0.2, 0.25) is 0 Å². The van der Waals surface area contributed by atoms with Gasteiger partial charge in [-0.25, -0.2) is 0 Å². The number of anilines is 1. The van der Waals surface area contributed by atoms with Crippen molar-refractivity contribution in [2.24, 2.45) is 11.7 Å². The summed E-state index contributed by atoms with van der Waals surface area (Å²) in [6.45, 7) is 0. The minimum atomic E-state index is -0.0475. The third kappa shape index (κ3) is 2.32. The number of rotatable bonds is 4. The zero-order valence-corrected chi connectivity index (χ0v) is 7.86. The van der Waals surface area contributed by atoms with Crippen molar-refractivity contribution in [2.45, 2.75) is 25.3 Å². The Labute approximate surface area is 82.1 Å². The largest absolute Gasteiger partial charge is 0.327 e. The van der Waals surface area contributed by atoms with E-state index in [2.05, 4.69) is 15.5 Å². The van der Waals surface area contributed by atoms with Gasteiger partial charge >= 0.3 is 0 Å². The van der Waals surface area contributed by atoms with E-state index in [4.69, 9.17) is 5.73 Å². The van der Waals surface area contributed by atoms with Crippen LogP contribution in [0.5, 0.6) is 0 Å². The molecule has 5 nitrogen and oxygen atoms in total. The zero-order valence-electron chi connectivity index (χ0n) is 7.86. The molecule has 4 N–H and O–H groups in total. The number of carbonyl (C=O) groups excluding carboxylic acids is 1. The second kappa shape index (κ2) is 3.79. The van der Waals surface area contributed by atoms with Gasteiger partial charge in [0.05, 0.1) is 6.20 Å². The number of aromatic amines is 1. The first kappa shape index (κ1) is 9.21. The molecule has 1 saturated carbocycles. The van der Waals surface area contributed by atoms with Crippen molar-refractivity contribution in [1.29, 1.82) is 0 Å². The maximum atomic E-state index is 11.4. The van der Waals surface area contributed by atoms with Crippen LogP contribution in [-0.2, 0) is 4.79 Å². The van der Waals surface area contributed by atoms with Crippen molar-refractivity contribution in [3.8, 4) is 0 Å². The number of nitrogens with two attached hydrogens (primary N) is 1. The Morgan fingerprint density at radius 2 is 2.57 bits per heavy atom. The number of hydrogen-bond donors (Lipinski definition) is 3. The smallest absolute Gasteiger partial charge is 0.227 e. The number of aromatic nitrogens is 2. The van der Waals surface area contributed by atoms with Crippen LogP contribution in [-0.4, -0.2) is 22.1 Å². The number of H-pyrrole nitrogens is 1. The molecule has 1 aromatic rings. The van der Waals surface area contributed by atoms with Crippen molar-refractivity contribution in [1.82, 2.24) is 10.2 Å². The highest BCUT2D eigenvalue weighted by molar-refractivity contribution is 5.90. The van der Waals surface area contributed by atoms with Gasteiger partial charge in [0.15, 0.2) is 0 Å². The molecule has 14 heavy (non-hydrogen) atoms. The van der Waals surface area contributed by atoms with E-state index in [-0.39, 0.29) is 11.9 Å². The van der Waals surface area contributed by atoms with Crippen molar-refractivity contribution >= 4 is 11.7 Å². The fraction of sp³-hybridized carbons (Fsp3) is 0.556. The Bertz CT molecular complexity index is 305. The lowest BCUT2D eigenvalue weighted by atomic mass is 10.1. The SMILES string of the molecule is NC(CC(=O)Nc1ccn[nH]1)C1CC1. The molecule has 5 heteroatoms. The summed E-state index contributed by atoms with van der Waals surface area (Å²) in [5.41, 5.74) is 5.82. The standard InChI is InChI=1S/C9H14N4O/c10-7(6-1-2-6)5-9(14)12-8-3-4-11-13-8/h3-4,6-7H,1-2,5,10H2,(H2,11,12,13,14). The van der Waals surface area contributed by atoms with E-state index in [1.54, 1.807) is 12.3 Å². The predicted molar refractivity (Wildman–Crippen MR) is 52.5 cm³/mol. The molecule has 1 aliphatic rings. The van der Waals surface area contributed by atoms with Gasteiger partial charge in [0.25, 0.3) is 0 Å². The van der Waals surface area contributed by atoms with Gasteiger partial charge in [-0.3, -0.25) is 9.89 Å². The minimum Gasteiger partial charge on any atom is -0.327 e. The number of nitrogens with zero attached hydrogens (tertiary/aromatic N) is 1. The summed E-state index contributed by atoms with van der Waals surface area (Å²) in [6.07, 6.45) is 4.32. The molecule has 1 aliphatic carbocycles. The molecule has 1 amide bonds. The van der Waals surface area contributed by atoms with E-state index >= 15 is 0 Å². The van der Waals surface area contributed by atoms with Crippen molar-refractivity contribution < 1.29 is 4.79 Å². The summed E-state index contributed by atoms with van der Waals surface area (Å²) >= 11 is 0. The third-order valence-corrected chi connectivity index (χ3v) is 2.42. The predicted octanol–water partition coefficient (Wildman–Crippen LogP) is 0.476. The van der Waals surface area contributed by atoms with Gasteiger partial charge < -0.3 is 11.1 Å². The van der Waals surface area contributed by atoms with Crippen LogP contribution < -0.4 is 11.1 Å². The van der Waals surface area contributed by atoms with E-state index in [0.717, 1.165) is 0 Å². The van der Waals surface area contributed by atoms with Crippen LogP contribution in [0.25, 0.3) is 0 Å². The molecule has 1 unspecified atom stereocenters. The minimum absolute atomic E-state index is 0.0120. The monoisotopic (exact) mass is 194 g/mol. The van der Waals surface area contributed by atoms with Crippen LogP contribution in [0.4, 0.5) is 5.82 Å². The van der Waals surface area contributed by atoms with E-state index in [1.807, 2.05) is 0 Å². The molecule has 0 bridgehead atoms. The highest BCUT2D eigenvalue weighted by Gasteiger charge is 2.29. The highest BCUT2D eigenvalue weighted by Crippen LogP contribution is 2.32. The summed E-state index contributed by atoms with van der Waals surface area (Å²) in [4.78, 5) is 11.4. The normalized spacial score (nSPS) is 17.8. The molecule has 0 radical (unpaired) electrons. The lowest BCUT2D eigenvalue weighted by molar-refractivity contribution is -0.116. The van der Waals surface area contributed by atoms with Crippen LogP contribution in [0, 0.1) is 5.92 Å². The fourth-order valence-corrected chi connectivity index (χ4v) is 1.43. The zero-order chi connectivity index (χ0) is 9.97. The van der Waals surface area contributed by atoms with Gasteiger partial charge in [0.2, 0.25) is 5.91 Å². The summed E-state index contributed by atoms with van der Waals surface area (Å²) in [5, 5.41) is 9.09. The molecule has 0 spiro atoms. The van der Waals surface area contributed by atoms with Crippen LogP contribution in [0.15, 0.2) is 12.3 Å². The van der Waals surface area contributed by atoms with Crippen LogP contribution >= 0.6 is 0 Å². The average molecular weight is 194 g/mol. The number of nitrogens with one attached hydrogen (secondary N) is 2.